The van der Waals surface area contributed by atoms with Crippen molar-refractivity contribution in [3.8, 4) is 0 Å². The molecular weight excluding hydrogens is 401 g/mol. The number of hydrogen-bond acceptors (Lipinski definition) is 3. The lowest BCUT2D eigenvalue weighted by atomic mass is 10.1. The minimum absolute atomic E-state index is 0.241. The summed E-state index contributed by atoms with van der Waals surface area (Å²) in [6.45, 7) is 6.60. The van der Waals surface area contributed by atoms with E-state index in [0.717, 1.165) is 68.1 Å². The molecule has 0 amide bonds. The Morgan fingerprint density at radius 1 is 1.35 bits per heavy atom. The highest BCUT2D eigenvalue weighted by Gasteiger charge is 2.21. The molecule has 2 rings (SSSR count). The Morgan fingerprint density at radius 2 is 2.12 bits per heavy atom. The van der Waals surface area contributed by atoms with E-state index in [4.69, 9.17) is 14.5 Å². The van der Waals surface area contributed by atoms with Gasteiger partial charge >= 0.3 is 0 Å². The van der Waals surface area contributed by atoms with E-state index in [9.17, 15) is 4.39 Å². The number of rotatable bonds is 8. The molecule has 0 aliphatic carbocycles. The van der Waals surface area contributed by atoms with Crippen LogP contribution < -0.4 is 5.32 Å². The zero-order valence-corrected chi connectivity index (χ0v) is 17.2. The summed E-state index contributed by atoms with van der Waals surface area (Å²) >= 11 is 3.46. The number of hydrogen-bond donors (Lipinski definition) is 1. The first-order valence-electron chi connectivity index (χ1n) is 9.21. The molecule has 1 fully saturated rings. The Kier molecular flexibility index (Phi) is 9.36. The summed E-state index contributed by atoms with van der Waals surface area (Å²) in [4.78, 5) is 6.95. The van der Waals surface area contributed by atoms with Crippen LogP contribution in [0.2, 0.25) is 0 Å². The number of nitrogens with zero attached hydrogens (tertiary/aromatic N) is 2. The van der Waals surface area contributed by atoms with E-state index in [1.54, 1.807) is 13.2 Å². The molecular formula is C19H29BrFN3O2. The number of nitrogens with one attached hydrogen (secondary N) is 1. The number of piperidine rings is 1. The smallest absolute Gasteiger partial charge is 0.194 e. The number of guanidine groups is 1. The maximum atomic E-state index is 13.5. The van der Waals surface area contributed by atoms with Gasteiger partial charge in [-0.15, -0.1) is 0 Å². The van der Waals surface area contributed by atoms with Gasteiger partial charge in [0.2, 0.25) is 0 Å². The minimum atomic E-state index is -0.241. The Bertz CT molecular complexity index is 578. The molecule has 1 aliphatic rings. The number of methoxy groups -OCH3 is 1. The highest BCUT2D eigenvalue weighted by atomic mass is 79.9. The van der Waals surface area contributed by atoms with E-state index in [-0.39, 0.29) is 5.82 Å². The largest absolute Gasteiger partial charge is 0.385 e. The average molecular weight is 430 g/mol. The maximum Gasteiger partial charge on any atom is 0.194 e. The molecule has 0 aromatic heterocycles. The third-order valence-electron chi connectivity index (χ3n) is 4.33. The zero-order valence-electron chi connectivity index (χ0n) is 15.6. The summed E-state index contributed by atoms with van der Waals surface area (Å²) in [5, 5.41) is 3.34. The molecule has 1 aliphatic heterocycles. The van der Waals surface area contributed by atoms with Crippen LogP contribution in [-0.4, -0.2) is 56.9 Å². The van der Waals surface area contributed by atoms with Gasteiger partial charge in [-0.3, -0.25) is 0 Å². The summed E-state index contributed by atoms with van der Waals surface area (Å²) in [5.74, 6) is 0.635. The molecule has 0 radical (unpaired) electrons. The van der Waals surface area contributed by atoms with Crippen LogP contribution in [0.3, 0.4) is 0 Å². The van der Waals surface area contributed by atoms with Crippen molar-refractivity contribution in [2.45, 2.75) is 38.8 Å². The molecule has 0 spiro atoms. The summed E-state index contributed by atoms with van der Waals surface area (Å²) in [5.41, 5.74) is 0.844. The predicted molar refractivity (Wildman–Crippen MR) is 106 cm³/mol. The van der Waals surface area contributed by atoms with Gasteiger partial charge in [-0.2, -0.15) is 0 Å². The molecule has 5 nitrogen and oxygen atoms in total. The fourth-order valence-corrected chi connectivity index (χ4v) is 3.31. The first kappa shape index (κ1) is 21.1. The average Bonchev–Trinajstić information content (AvgIpc) is 2.65. The van der Waals surface area contributed by atoms with Gasteiger partial charge < -0.3 is 19.7 Å². The third-order valence-corrected chi connectivity index (χ3v) is 5.10. The van der Waals surface area contributed by atoms with Gasteiger partial charge in [0.1, 0.15) is 5.82 Å². The van der Waals surface area contributed by atoms with Gasteiger partial charge in [-0.05, 0) is 49.9 Å². The van der Waals surface area contributed by atoms with Gasteiger partial charge in [0.25, 0.3) is 0 Å². The molecule has 0 bridgehead atoms. The lowest BCUT2D eigenvalue weighted by Crippen LogP contribution is -2.47. The van der Waals surface area contributed by atoms with Gasteiger partial charge in [0.15, 0.2) is 5.96 Å². The predicted octanol–water partition coefficient (Wildman–Crippen LogP) is 3.57. The topological polar surface area (TPSA) is 46.1 Å². The highest BCUT2D eigenvalue weighted by Crippen LogP contribution is 2.19. The number of halogens is 2. The lowest BCUT2D eigenvalue weighted by molar-refractivity contribution is 0.00990. The summed E-state index contributed by atoms with van der Waals surface area (Å²) in [6.07, 6.45) is 3.22. The van der Waals surface area contributed by atoms with E-state index in [2.05, 4.69) is 33.1 Å². The Labute approximate surface area is 164 Å². The second-order valence-electron chi connectivity index (χ2n) is 6.31. The summed E-state index contributed by atoms with van der Waals surface area (Å²) in [6, 6.07) is 4.69. The van der Waals surface area contributed by atoms with Crippen LogP contribution in [0.1, 0.15) is 31.7 Å². The maximum absolute atomic E-state index is 13.5. The molecule has 0 atom stereocenters. The SMILES string of the molecule is CCNC(=NCc1cc(F)ccc1Br)N1CCC(OCCCOC)CC1. The van der Waals surface area contributed by atoms with Crippen LogP contribution in [0.5, 0.6) is 0 Å². The summed E-state index contributed by atoms with van der Waals surface area (Å²) in [7, 11) is 1.71. The fourth-order valence-electron chi connectivity index (χ4n) is 2.94. The van der Waals surface area contributed by atoms with Crippen molar-refractivity contribution in [1.29, 1.82) is 0 Å². The van der Waals surface area contributed by atoms with Gasteiger partial charge in [0.05, 0.1) is 12.6 Å². The van der Waals surface area contributed by atoms with Crippen molar-refractivity contribution in [1.82, 2.24) is 10.2 Å². The first-order valence-corrected chi connectivity index (χ1v) is 10.0. The number of aliphatic imine (C=N–C) groups is 1. The van der Waals surface area contributed by atoms with Crippen LogP contribution in [-0.2, 0) is 16.0 Å². The summed E-state index contributed by atoms with van der Waals surface area (Å²) < 4.78 is 25.3. The minimum Gasteiger partial charge on any atom is -0.385 e. The molecule has 0 saturated carbocycles. The molecule has 1 aromatic carbocycles. The van der Waals surface area contributed by atoms with Crippen LogP contribution in [0, 0.1) is 5.82 Å². The van der Waals surface area contributed by atoms with E-state index in [1.807, 2.05) is 0 Å². The Balaban J connectivity index is 1.88. The van der Waals surface area contributed by atoms with Crippen LogP contribution in [0.25, 0.3) is 0 Å². The van der Waals surface area contributed by atoms with E-state index in [1.165, 1.54) is 12.1 Å². The molecule has 0 unspecified atom stereocenters. The van der Waals surface area contributed by atoms with Gasteiger partial charge in [0, 0.05) is 44.4 Å². The number of benzene rings is 1. The molecule has 7 heteroatoms. The molecule has 1 aromatic rings. The molecule has 146 valence electrons. The monoisotopic (exact) mass is 429 g/mol. The standard InChI is InChI=1S/C19H29BrFN3O2/c1-3-22-19(23-14-15-13-16(21)5-6-18(15)20)24-9-7-17(8-10-24)26-12-4-11-25-2/h5-6,13,17H,3-4,7-12,14H2,1-2H3,(H,22,23). The Hall–Kier alpha value is -1.18. The van der Waals surface area contributed by atoms with Crippen molar-refractivity contribution < 1.29 is 13.9 Å². The highest BCUT2D eigenvalue weighted by molar-refractivity contribution is 9.10. The van der Waals surface area contributed by atoms with Crippen LogP contribution in [0.15, 0.2) is 27.7 Å². The normalized spacial score (nSPS) is 16.2. The quantitative estimate of drug-likeness (QED) is 0.389. The second kappa shape index (κ2) is 11.5. The zero-order chi connectivity index (χ0) is 18.8. The van der Waals surface area contributed by atoms with E-state index >= 15 is 0 Å². The fraction of sp³-hybridized carbons (Fsp3) is 0.632. The number of likely N-dealkylation sites (tertiary alicyclic amines) is 1. The van der Waals surface area contributed by atoms with E-state index < -0.39 is 0 Å². The molecule has 1 N–H and O–H groups in total. The third kappa shape index (κ3) is 6.85. The molecule has 1 saturated heterocycles. The molecule has 1 heterocycles. The lowest BCUT2D eigenvalue weighted by Gasteiger charge is -2.34. The first-order chi connectivity index (χ1) is 12.6. The van der Waals surface area contributed by atoms with Crippen molar-refractivity contribution >= 4 is 21.9 Å². The van der Waals surface area contributed by atoms with Crippen LogP contribution in [0.4, 0.5) is 4.39 Å². The van der Waals surface area contributed by atoms with Gasteiger partial charge in [-0.1, -0.05) is 15.9 Å². The Morgan fingerprint density at radius 3 is 2.81 bits per heavy atom. The van der Waals surface area contributed by atoms with Gasteiger partial charge in [-0.25, -0.2) is 9.38 Å². The van der Waals surface area contributed by atoms with Crippen molar-refractivity contribution in [2.75, 3.05) is 40.0 Å². The van der Waals surface area contributed by atoms with E-state index in [0.29, 0.717) is 12.6 Å². The van der Waals surface area contributed by atoms with Crippen molar-refractivity contribution in [3.05, 3.63) is 34.1 Å². The van der Waals surface area contributed by atoms with Crippen molar-refractivity contribution in [2.24, 2.45) is 4.99 Å². The van der Waals surface area contributed by atoms with Crippen molar-refractivity contribution in [3.63, 3.8) is 0 Å². The molecule has 26 heavy (non-hydrogen) atoms. The second-order valence-corrected chi connectivity index (χ2v) is 7.16. The van der Waals surface area contributed by atoms with Crippen LogP contribution >= 0.6 is 15.9 Å². The number of ether oxygens (including phenoxy) is 2.